The van der Waals surface area contributed by atoms with E-state index in [2.05, 4.69) is 21.0 Å². The molecule has 0 aliphatic heterocycles. The van der Waals surface area contributed by atoms with Gasteiger partial charge in [-0.2, -0.15) is 5.10 Å². The summed E-state index contributed by atoms with van der Waals surface area (Å²) in [7, 11) is 0. The van der Waals surface area contributed by atoms with Gasteiger partial charge >= 0.3 is 0 Å². The molecular weight excluding hydrogens is 508 g/mol. The standard InChI is InChI=1S/C30H46N6O4/c1-21(2)19-32-28(38)18-27(37)25(17-23-12-7-4-8-13-23)34-30(40)26(20-36-15-9-14-33-36)35-29(39)24(31)16-22-10-5-3-6-11-22/h3,5-6,9-11,14-15,21,23-27,37H,4,7-8,12-13,16-20,31H2,1-2H3,(H,32,38)(H,34,40)(H,35,39)/t24-,25-,26-,27-/m0/s1. The molecule has 3 amide bonds. The van der Waals surface area contributed by atoms with Gasteiger partial charge in [0, 0.05) is 18.9 Å². The monoisotopic (exact) mass is 554 g/mol. The van der Waals surface area contributed by atoms with Crippen LogP contribution >= 0.6 is 0 Å². The summed E-state index contributed by atoms with van der Waals surface area (Å²) >= 11 is 0. The first-order chi connectivity index (χ1) is 19.2. The molecule has 1 aromatic carbocycles. The van der Waals surface area contributed by atoms with Gasteiger partial charge in [0.2, 0.25) is 17.7 Å². The largest absolute Gasteiger partial charge is 0.390 e. The maximum atomic E-state index is 13.6. The maximum Gasteiger partial charge on any atom is 0.244 e. The van der Waals surface area contributed by atoms with Gasteiger partial charge in [-0.3, -0.25) is 19.1 Å². The first-order valence-electron chi connectivity index (χ1n) is 14.5. The highest BCUT2D eigenvalue weighted by atomic mass is 16.3. The van der Waals surface area contributed by atoms with Crippen LogP contribution < -0.4 is 21.7 Å². The minimum Gasteiger partial charge on any atom is -0.390 e. The van der Waals surface area contributed by atoms with Crippen LogP contribution in [-0.4, -0.2) is 63.4 Å². The number of rotatable bonds is 15. The molecule has 0 bridgehead atoms. The lowest BCUT2D eigenvalue weighted by Gasteiger charge is -2.31. The Morgan fingerprint density at radius 3 is 2.42 bits per heavy atom. The Balaban J connectivity index is 1.70. The van der Waals surface area contributed by atoms with E-state index in [0.29, 0.717) is 31.2 Å². The second kappa shape index (κ2) is 16.1. The molecule has 40 heavy (non-hydrogen) atoms. The van der Waals surface area contributed by atoms with Crippen LogP contribution in [0.1, 0.15) is 64.4 Å². The molecule has 1 saturated carbocycles. The SMILES string of the molecule is CC(C)CNC(=O)C[C@H](O)[C@H](CC1CCCCC1)NC(=O)[C@H](Cn1cccn1)NC(=O)[C@@H](N)Cc1ccccc1. The summed E-state index contributed by atoms with van der Waals surface area (Å²) in [5, 5.41) is 23.9. The Morgan fingerprint density at radius 1 is 1.05 bits per heavy atom. The van der Waals surface area contributed by atoms with Crippen LogP contribution in [0.4, 0.5) is 0 Å². The molecule has 2 aromatic rings. The third kappa shape index (κ3) is 10.7. The molecule has 3 rings (SSSR count). The van der Waals surface area contributed by atoms with Crippen molar-refractivity contribution in [2.75, 3.05) is 6.54 Å². The van der Waals surface area contributed by atoms with Crippen molar-refractivity contribution in [3.63, 3.8) is 0 Å². The number of benzene rings is 1. The number of carbonyl (C=O) groups excluding carboxylic acids is 3. The van der Waals surface area contributed by atoms with Crippen molar-refractivity contribution in [1.29, 1.82) is 0 Å². The molecule has 1 fully saturated rings. The molecule has 1 aliphatic rings. The van der Waals surface area contributed by atoms with Crippen LogP contribution in [0.3, 0.4) is 0 Å². The van der Waals surface area contributed by atoms with E-state index in [1.54, 1.807) is 23.1 Å². The zero-order chi connectivity index (χ0) is 28.9. The summed E-state index contributed by atoms with van der Waals surface area (Å²) in [4.78, 5) is 39.2. The lowest BCUT2D eigenvalue weighted by atomic mass is 9.83. The number of aliphatic hydroxyl groups excluding tert-OH is 1. The van der Waals surface area contributed by atoms with Crippen molar-refractivity contribution >= 4 is 17.7 Å². The second-order valence-electron chi connectivity index (χ2n) is 11.4. The van der Waals surface area contributed by atoms with Gasteiger partial charge in [-0.1, -0.05) is 76.3 Å². The van der Waals surface area contributed by atoms with Gasteiger partial charge in [0.05, 0.1) is 31.2 Å². The van der Waals surface area contributed by atoms with Gasteiger partial charge in [0.25, 0.3) is 0 Å². The highest BCUT2D eigenvalue weighted by Crippen LogP contribution is 2.28. The van der Waals surface area contributed by atoms with Crippen LogP contribution in [0, 0.1) is 11.8 Å². The van der Waals surface area contributed by atoms with Crippen molar-refractivity contribution in [2.24, 2.45) is 17.6 Å². The van der Waals surface area contributed by atoms with Crippen LogP contribution in [0.25, 0.3) is 0 Å². The van der Waals surface area contributed by atoms with Gasteiger partial charge in [-0.25, -0.2) is 0 Å². The molecule has 0 unspecified atom stereocenters. The Bertz CT molecular complexity index is 1040. The molecule has 10 heteroatoms. The maximum absolute atomic E-state index is 13.6. The van der Waals surface area contributed by atoms with Gasteiger partial charge in [-0.15, -0.1) is 0 Å². The van der Waals surface area contributed by atoms with E-state index in [-0.39, 0.29) is 18.9 Å². The minimum atomic E-state index is -1.06. The molecule has 1 aliphatic carbocycles. The molecule has 0 radical (unpaired) electrons. The summed E-state index contributed by atoms with van der Waals surface area (Å²) in [6.45, 7) is 4.63. The second-order valence-corrected chi connectivity index (χ2v) is 11.4. The normalized spacial score (nSPS) is 17.0. The first kappa shape index (κ1) is 31.3. The average molecular weight is 555 g/mol. The Kier molecular flexibility index (Phi) is 12.6. The number of carbonyl (C=O) groups is 3. The molecule has 1 aromatic heterocycles. The third-order valence-corrected chi connectivity index (χ3v) is 7.40. The summed E-state index contributed by atoms with van der Waals surface area (Å²) in [6, 6.07) is 8.76. The van der Waals surface area contributed by atoms with E-state index in [1.807, 2.05) is 44.2 Å². The number of nitrogens with zero attached hydrogens (tertiary/aromatic N) is 2. The van der Waals surface area contributed by atoms with Crippen molar-refractivity contribution in [2.45, 2.75) is 96.0 Å². The average Bonchev–Trinajstić information content (AvgIpc) is 3.45. The van der Waals surface area contributed by atoms with Gasteiger partial charge in [-0.05, 0) is 36.3 Å². The molecular formula is C30H46N6O4. The lowest BCUT2D eigenvalue weighted by molar-refractivity contribution is -0.131. The fourth-order valence-corrected chi connectivity index (χ4v) is 5.13. The molecule has 0 saturated heterocycles. The summed E-state index contributed by atoms with van der Waals surface area (Å²) in [5.74, 6) is -0.506. The molecule has 220 valence electrons. The predicted octanol–water partition coefficient (Wildman–Crippen LogP) is 1.92. The highest BCUT2D eigenvalue weighted by molar-refractivity contribution is 5.90. The van der Waals surface area contributed by atoms with Gasteiger partial charge in [0.1, 0.15) is 6.04 Å². The number of amides is 3. The van der Waals surface area contributed by atoms with E-state index >= 15 is 0 Å². The van der Waals surface area contributed by atoms with E-state index in [9.17, 15) is 19.5 Å². The first-order valence-corrected chi connectivity index (χ1v) is 14.5. The third-order valence-electron chi connectivity index (χ3n) is 7.40. The molecule has 1 heterocycles. The van der Waals surface area contributed by atoms with Crippen LogP contribution in [0.15, 0.2) is 48.8 Å². The fourth-order valence-electron chi connectivity index (χ4n) is 5.13. The van der Waals surface area contributed by atoms with Crippen LogP contribution in [0.5, 0.6) is 0 Å². The zero-order valence-electron chi connectivity index (χ0n) is 23.8. The number of aromatic nitrogens is 2. The number of nitrogens with two attached hydrogens (primary N) is 1. The van der Waals surface area contributed by atoms with E-state index < -0.39 is 36.0 Å². The quantitative estimate of drug-likeness (QED) is 0.227. The number of aliphatic hydroxyl groups is 1. The Hall–Kier alpha value is -3.24. The smallest absolute Gasteiger partial charge is 0.244 e. The zero-order valence-corrected chi connectivity index (χ0v) is 23.8. The minimum absolute atomic E-state index is 0.101. The number of hydrogen-bond donors (Lipinski definition) is 5. The van der Waals surface area contributed by atoms with Crippen LogP contribution in [-0.2, 0) is 27.3 Å². The Morgan fingerprint density at radius 2 is 1.77 bits per heavy atom. The topological polar surface area (TPSA) is 151 Å². The Labute approximate surface area is 237 Å². The van der Waals surface area contributed by atoms with Gasteiger partial charge in [0.15, 0.2) is 0 Å². The number of hydrogen-bond acceptors (Lipinski definition) is 6. The summed E-state index contributed by atoms with van der Waals surface area (Å²) < 4.78 is 1.57. The lowest BCUT2D eigenvalue weighted by Crippen LogP contribution is -2.57. The van der Waals surface area contributed by atoms with E-state index in [0.717, 1.165) is 31.2 Å². The van der Waals surface area contributed by atoms with Gasteiger partial charge < -0.3 is 26.8 Å². The van der Waals surface area contributed by atoms with Crippen molar-refractivity contribution < 1.29 is 19.5 Å². The predicted molar refractivity (Wildman–Crippen MR) is 154 cm³/mol. The van der Waals surface area contributed by atoms with Crippen molar-refractivity contribution in [3.8, 4) is 0 Å². The number of nitrogens with one attached hydrogen (secondary N) is 3. The fraction of sp³-hybridized carbons (Fsp3) is 0.600. The molecule has 6 N–H and O–H groups in total. The van der Waals surface area contributed by atoms with E-state index in [1.165, 1.54) is 6.42 Å². The summed E-state index contributed by atoms with van der Waals surface area (Å²) in [5.41, 5.74) is 7.12. The van der Waals surface area contributed by atoms with E-state index in [4.69, 9.17) is 5.73 Å². The van der Waals surface area contributed by atoms with Crippen molar-refractivity contribution in [3.05, 3.63) is 54.4 Å². The summed E-state index contributed by atoms with van der Waals surface area (Å²) in [6.07, 6.45) is 8.53. The van der Waals surface area contributed by atoms with Crippen molar-refractivity contribution in [1.82, 2.24) is 25.7 Å². The molecule has 4 atom stereocenters. The van der Waals surface area contributed by atoms with Crippen LogP contribution in [0.2, 0.25) is 0 Å². The highest BCUT2D eigenvalue weighted by Gasteiger charge is 2.31. The molecule has 0 spiro atoms. The molecule has 10 nitrogen and oxygen atoms in total.